The van der Waals surface area contributed by atoms with E-state index in [1.165, 1.54) is 0 Å². The predicted octanol–water partition coefficient (Wildman–Crippen LogP) is 1.74. The van der Waals surface area contributed by atoms with Gasteiger partial charge in [0, 0.05) is 5.92 Å². The van der Waals surface area contributed by atoms with Crippen molar-refractivity contribution in [3.05, 3.63) is 22.8 Å². The van der Waals surface area contributed by atoms with Gasteiger partial charge in [-0.3, -0.25) is 4.90 Å². The molecule has 2 N–H and O–H groups in total. The molecule has 118 valence electrons. The number of nitrogens with zero attached hydrogens (tertiary/aromatic N) is 6. The average Bonchev–Trinajstić information content (AvgIpc) is 2.92. The normalized spacial score (nSPS) is 18.5. The number of nitrogen functional groups attached to an aromatic ring is 1. The van der Waals surface area contributed by atoms with Crippen molar-refractivity contribution in [3.8, 4) is 0 Å². The van der Waals surface area contributed by atoms with Crippen LogP contribution in [0.2, 0.25) is 5.28 Å². The van der Waals surface area contributed by atoms with E-state index in [0.717, 1.165) is 31.8 Å². The lowest BCUT2D eigenvalue weighted by molar-refractivity contribution is 0.146. The Balaban J connectivity index is 1.65. The summed E-state index contributed by atoms with van der Waals surface area (Å²) in [6.07, 6.45) is 1.92. The van der Waals surface area contributed by atoms with Crippen LogP contribution in [0, 0.1) is 6.92 Å². The monoisotopic (exact) mass is 323 g/mol. The first kappa shape index (κ1) is 15.1. The third-order valence-electron chi connectivity index (χ3n) is 3.99. The smallest absolute Gasteiger partial charge is 0.229 e. The maximum Gasteiger partial charge on any atom is 0.229 e. The zero-order valence-electron chi connectivity index (χ0n) is 12.5. The van der Waals surface area contributed by atoms with Gasteiger partial charge in [0.1, 0.15) is 0 Å². The number of hydrogen-bond donors (Lipinski definition) is 1. The summed E-state index contributed by atoms with van der Waals surface area (Å²) in [7, 11) is 0. The highest BCUT2D eigenvalue weighted by atomic mass is 35.5. The first-order valence-electron chi connectivity index (χ1n) is 7.24. The fraction of sp³-hybridized carbons (Fsp3) is 0.615. The van der Waals surface area contributed by atoms with E-state index < -0.39 is 0 Å². The second-order valence-corrected chi connectivity index (χ2v) is 5.82. The number of halogens is 1. The van der Waals surface area contributed by atoms with E-state index in [9.17, 15) is 0 Å². The van der Waals surface area contributed by atoms with Gasteiger partial charge in [-0.2, -0.15) is 15.0 Å². The van der Waals surface area contributed by atoms with Crippen molar-refractivity contribution in [2.45, 2.75) is 38.6 Å². The zero-order valence-corrected chi connectivity index (χ0v) is 13.3. The van der Waals surface area contributed by atoms with Crippen molar-refractivity contribution >= 4 is 17.5 Å². The zero-order chi connectivity index (χ0) is 15.7. The first-order valence-corrected chi connectivity index (χ1v) is 7.62. The lowest BCUT2D eigenvalue weighted by Gasteiger charge is -2.34. The molecule has 2 aromatic heterocycles. The SMILES string of the molecule is Cc1noc(C2CCN([C@H](C)c3nc(N)nc(Cl)n3)CC2)n1. The third kappa shape index (κ3) is 3.17. The molecule has 1 aliphatic heterocycles. The van der Waals surface area contributed by atoms with Crippen LogP contribution in [-0.4, -0.2) is 43.1 Å². The number of aryl methyl sites for hydroxylation is 1. The maximum atomic E-state index is 5.85. The van der Waals surface area contributed by atoms with Crippen LogP contribution in [0.3, 0.4) is 0 Å². The van der Waals surface area contributed by atoms with Crippen LogP contribution >= 0.6 is 11.6 Å². The quantitative estimate of drug-likeness (QED) is 0.910. The van der Waals surface area contributed by atoms with Crippen molar-refractivity contribution in [3.63, 3.8) is 0 Å². The van der Waals surface area contributed by atoms with Crippen LogP contribution in [0.15, 0.2) is 4.52 Å². The molecule has 0 radical (unpaired) electrons. The Hall–Kier alpha value is -1.80. The van der Waals surface area contributed by atoms with E-state index in [4.69, 9.17) is 21.9 Å². The molecule has 0 bridgehead atoms. The largest absolute Gasteiger partial charge is 0.368 e. The molecule has 22 heavy (non-hydrogen) atoms. The van der Waals surface area contributed by atoms with E-state index in [-0.39, 0.29) is 17.3 Å². The molecular formula is C13H18ClN7O. The van der Waals surface area contributed by atoms with Crippen LogP contribution in [0.25, 0.3) is 0 Å². The molecule has 1 saturated heterocycles. The van der Waals surface area contributed by atoms with Crippen LogP contribution < -0.4 is 5.73 Å². The minimum atomic E-state index is 0.0353. The van der Waals surface area contributed by atoms with Crippen molar-refractivity contribution in [2.75, 3.05) is 18.8 Å². The fourth-order valence-corrected chi connectivity index (χ4v) is 2.92. The minimum absolute atomic E-state index is 0.0353. The van der Waals surface area contributed by atoms with Gasteiger partial charge in [-0.1, -0.05) is 5.16 Å². The van der Waals surface area contributed by atoms with Crippen molar-refractivity contribution in [2.24, 2.45) is 0 Å². The minimum Gasteiger partial charge on any atom is -0.368 e. The molecule has 1 atom stereocenters. The Kier molecular flexibility index (Phi) is 4.21. The molecular weight excluding hydrogens is 306 g/mol. The Bertz CT molecular complexity index is 633. The summed E-state index contributed by atoms with van der Waals surface area (Å²) >= 11 is 5.85. The van der Waals surface area contributed by atoms with E-state index in [1.54, 1.807) is 0 Å². The number of anilines is 1. The summed E-state index contributed by atoms with van der Waals surface area (Å²) in [6, 6.07) is 0.0353. The van der Waals surface area contributed by atoms with Gasteiger partial charge in [-0.25, -0.2) is 4.98 Å². The highest BCUT2D eigenvalue weighted by Crippen LogP contribution is 2.30. The standard InChI is InChI=1S/C13H18ClN7O/c1-7(10-17-12(14)19-13(15)18-10)21-5-3-9(4-6-21)11-16-8(2)20-22-11/h7,9H,3-6H2,1-2H3,(H2,15,17,18,19)/t7-/m1/s1. The molecule has 9 heteroatoms. The highest BCUT2D eigenvalue weighted by Gasteiger charge is 2.28. The molecule has 0 aromatic carbocycles. The number of hydrogen-bond acceptors (Lipinski definition) is 8. The van der Waals surface area contributed by atoms with E-state index in [0.29, 0.717) is 17.6 Å². The number of likely N-dealkylation sites (tertiary alicyclic amines) is 1. The molecule has 3 rings (SSSR count). The average molecular weight is 324 g/mol. The molecule has 2 aromatic rings. The summed E-state index contributed by atoms with van der Waals surface area (Å²) in [5, 5.41) is 3.99. The van der Waals surface area contributed by atoms with Crippen molar-refractivity contribution < 1.29 is 4.52 Å². The van der Waals surface area contributed by atoms with Gasteiger partial charge in [-0.15, -0.1) is 0 Å². The molecule has 0 spiro atoms. The second kappa shape index (κ2) is 6.13. The number of aromatic nitrogens is 5. The van der Waals surface area contributed by atoms with E-state index in [2.05, 4.69) is 30.0 Å². The lowest BCUT2D eigenvalue weighted by Crippen LogP contribution is -2.36. The molecule has 1 aliphatic rings. The van der Waals surface area contributed by atoms with Gasteiger partial charge in [0.2, 0.25) is 17.1 Å². The predicted molar refractivity (Wildman–Crippen MR) is 80.2 cm³/mol. The van der Waals surface area contributed by atoms with Crippen LogP contribution in [0.4, 0.5) is 5.95 Å². The summed E-state index contributed by atoms with van der Waals surface area (Å²) < 4.78 is 5.27. The molecule has 3 heterocycles. The second-order valence-electron chi connectivity index (χ2n) is 5.49. The van der Waals surface area contributed by atoms with Gasteiger partial charge in [0.15, 0.2) is 11.6 Å². The molecule has 0 amide bonds. The molecule has 0 saturated carbocycles. The topological polar surface area (TPSA) is 107 Å². The van der Waals surface area contributed by atoms with E-state index >= 15 is 0 Å². The van der Waals surface area contributed by atoms with Crippen molar-refractivity contribution in [1.82, 2.24) is 30.0 Å². The first-order chi connectivity index (χ1) is 10.5. The van der Waals surface area contributed by atoms with Gasteiger partial charge in [0.25, 0.3) is 0 Å². The van der Waals surface area contributed by atoms with Gasteiger partial charge < -0.3 is 10.3 Å². The summed E-state index contributed by atoms with van der Waals surface area (Å²) in [4.78, 5) is 18.8. The van der Waals surface area contributed by atoms with Gasteiger partial charge in [0.05, 0.1) is 6.04 Å². The van der Waals surface area contributed by atoms with Crippen molar-refractivity contribution in [1.29, 1.82) is 0 Å². The Morgan fingerprint density at radius 1 is 1.23 bits per heavy atom. The van der Waals surface area contributed by atoms with Crippen LogP contribution in [-0.2, 0) is 0 Å². The lowest BCUT2D eigenvalue weighted by atomic mass is 9.95. The van der Waals surface area contributed by atoms with Gasteiger partial charge in [-0.05, 0) is 51.4 Å². The Morgan fingerprint density at radius 3 is 2.55 bits per heavy atom. The molecule has 1 fully saturated rings. The summed E-state index contributed by atoms with van der Waals surface area (Å²) in [5.41, 5.74) is 5.63. The molecule has 0 unspecified atom stereocenters. The van der Waals surface area contributed by atoms with Crippen LogP contribution in [0.5, 0.6) is 0 Å². The third-order valence-corrected chi connectivity index (χ3v) is 4.16. The maximum absolute atomic E-state index is 5.85. The number of piperidine rings is 1. The number of nitrogens with two attached hydrogens (primary N) is 1. The molecule has 8 nitrogen and oxygen atoms in total. The van der Waals surface area contributed by atoms with Crippen LogP contribution in [0.1, 0.15) is 49.3 Å². The highest BCUT2D eigenvalue weighted by molar-refractivity contribution is 6.28. The van der Waals surface area contributed by atoms with Gasteiger partial charge >= 0.3 is 0 Å². The summed E-state index contributed by atoms with van der Waals surface area (Å²) in [6.45, 7) is 5.67. The summed E-state index contributed by atoms with van der Waals surface area (Å²) in [5.74, 6) is 2.48. The van der Waals surface area contributed by atoms with E-state index in [1.807, 2.05) is 13.8 Å². The molecule has 0 aliphatic carbocycles. The fourth-order valence-electron chi connectivity index (χ4n) is 2.74. The Morgan fingerprint density at radius 2 is 1.95 bits per heavy atom. The number of rotatable bonds is 3. The Labute approximate surface area is 133 Å².